The number of nitrogens with zero attached hydrogens (tertiary/aromatic N) is 7. The van der Waals surface area contributed by atoms with E-state index in [1.165, 1.54) is 18.3 Å². The first-order chi connectivity index (χ1) is 16.5. The second kappa shape index (κ2) is 12.4. The van der Waals surface area contributed by atoms with Gasteiger partial charge in [0.25, 0.3) is 5.88 Å². The Morgan fingerprint density at radius 2 is 2.00 bits per heavy atom. The Bertz CT molecular complexity index is 1270. The van der Waals surface area contributed by atoms with Crippen LogP contribution in [-0.4, -0.2) is 20.1 Å². The summed E-state index contributed by atoms with van der Waals surface area (Å²) in [5.74, 6) is 0.102. The van der Waals surface area contributed by atoms with Crippen LogP contribution in [0.4, 0.5) is 10.2 Å². The molecule has 0 bridgehead atoms. The first-order valence-corrected chi connectivity index (χ1v) is 10.7. The van der Waals surface area contributed by atoms with Crippen molar-refractivity contribution >= 4 is 5.82 Å². The number of nitriles is 1. The summed E-state index contributed by atoms with van der Waals surface area (Å²) in [5, 5.41) is 17.2. The molecule has 10 nitrogen and oxygen atoms in total. The van der Waals surface area contributed by atoms with Gasteiger partial charge in [-0.25, -0.2) is 14.4 Å². The van der Waals surface area contributed by atoms with Crippen LogP contribution < -0.4 is 20.6 Å². The van der Waals surface area contributed by atoms with Gasteiger partial charge in [-0.2, -0.15) is 5.26 Å². The van der Waals surface area contributed by atoms with Crippen LogP contribution in [0.25, 0.3) is 22.8 Å². The zero-order valence-corrected chi connectivity index (χ0v) is 20.3. The van der Waals surface area contributed by atoms with Crippen LogP contribution in [0, 0.1) is 24.1 Å². The number of benzene rings is 1. The van der Waals surface area contributed by atoms with Crippen molar-refractivity contribution in [3.8, 4) is 34.7 Å². The molecule has 3 aromatic heterocycles. The molecular weight excluding hydrogens is 478 g/mol. The molecule has 0 saturated heterocycles. The Morgan fingerprint density at radius 1 is 1.26 bits per heavy atom. The van der Waals surface area contributed by atoms with Crippen molar-refractivity contribution in [3.63, 3.8) is 0 Å². The Hall–Kier alpha value is -3.88. The Balaban J connectivity index is 0.000000970. The fourth-order valence-electron chi connectivity index (χ4n) is 2.98. The summed E-state index contributed by atoms with van der Waals surface area (Å²) in [6.07, 6.45) is 3.85. The van der Waals surface area contributed by atoms with Crippen LogP contribution in [-0.2, 0) is 21.0 Å². The number of hydrogen-bond donors (Lipinski definition) is 1. The molecule has 0 spiro atoms. The number of nitrogen functional groups attached to an aromatic ring is 1. The van der Waals surface area contributed by atoms with Crippen molar-refractivity contribution in [3.05, 3.63) is 59.4 Å². The molecule has 0 aliphatic heterocycles. The van der Waals surface area contributed by atoms with E-state index in [-0.39, 0.29) is 17.4 Å². The van der Waals surface area contributed by atoms with E-state index in [1.807, 2.05) is 13.8 Å². The van der Waals surface area contributed by atoms with E-state index in [4.69, 9.17) is 14.1 Å². The fourth-order valence-corrected chi connectivity index (χ4v) is 2.98. The van der Waals surface area contributed by atoms with Gasteiger partial charge in [0.15, 0.2) is 5.82 Å². The van der Waals surface area contributed by atoms with Gasteiger partial charge >= 0.3 is 21.0 Å². The Morgan fingerprint density at radius 3 is 2.65 bits per heavy atom. The molecule has 4 aromatic rings. The normalized spacial score (nSPS) is 10.8. The number of anilines is 1. The van der Waals surface area contributed by atoms with E-state index in [1.54, 1.807) is 32.3 Å². The predicted octanol–water partition coefficient (Wildman–Crippen LogP) is 3.46. The van der Waals surface area contributed by atoms with Gasteiger partial charge in [0, 0.05) is 11.3 Å². The third-order valence-electron chi connectivity index (χ3n) is 4.46. The van der Waals surface area contributed by atoms with Gasteiger partial charge in [-0.3, -0.25) is 0 Å². The SMILES string of the molecule is CC.Cc1n[n-]c(-c2cnc(N)c(OC(C)c3cc(F)ccc3-c3ncc[n-]3)n2)c1C#N.[O]=[V+2]. The van der Waals surface area contributed by atoms with Gasteiger partial charge in [-0.15, -0.1) is 0 Å². The standard InChI is InChI=1S/C20H15FN8O.C2H6.O.V/c1-10-15(8-22)17(29-28-10)16-9-26-18(23)20(27-16)30-11(2)14-7-12(21)3-4-13(14)19-24-5-6-25-19;1-2;;/h3-7,9,11H,1-2H3,(H2-2,23,24,25,26,28,29);1-2H3;;/q-2;;;+2. The molecule has 0 saturated carbocycles. The maximum atomic E-state index is 13.9. The molecule has 0 radical (unpaired) electrons. The zero-order valence-electron chi connectivity index (χ0n) is 18.9. The number of aromatic nitrogens is 6. The molecule has 1 unspecified atom stereocenters. The molecular formula is C22H21FN8O2V. The molecule has 12 heteroatoms. The second-order valence-electron chi connectivity index (χ2n) is 6.44. The van der Waals surface area contributed by atoms with Crippen LogP contribution in [0.2, 0.25) is 0 Å². The number of imidazole rings is 1. The number of nitrogens with two attached hydrogens (primary N) is 1. The average molecular weight is 499 g/mol. The van der Waals surface area contributed by atoms with E-state index in [2.05, 4.69) is 36.2 Å². The minimum atomic E-state index is -0.649. The topological polar surface area (TPSA) is 156 Å². The van der Waals surface area contributed by atoms with Gasteiger partial charge in [0.2, 0.25) is 0 Å². The number of aryl methyl sites for hydroxylation is 1. The summed E-state index contributed by atoms with van der Waals surface area (Å²) in [4.78, 5) is 16.8. The van der Waals surface area contributed by atoms with Crippen LogP contribution >= 0.6 is 0 Å². The number of ether oxygens (including phenoxy) is 1. The van der Waals surface area contributed by atoms with E-state index in [9.17, 15) is 9.65 Å². The van der Waals surface area contributed by atoms with Crippen LogP contribution in [0.15, 0.2) is 36.8 Å². The van der Waals surface area contributed by atoms with Gasteiger partial charge in [-0.05, 0) is 31.5 Å². The van der Waals surface area contributed by atoms with E-state index in [0.717, 1.165) is 17.4 Å². The third-order valence-corrected chi connectivity index (χ3v) is 4.46. The summed E-state index contributed by atoms with van der Waals surface area (Å²) in [6, 6.07) is 6.32. The molecule has 0 aliphatic carbocycles. The summed E-state index contributed by atoms with van der Waals surface area (Å²) in [7, 11) is 0. The van der Waals surface area contributed by atoms with Crippen LogP contribution in [0.5, 0.6) is 5.88 Å². The van der Waals surface area contributed by atoms with Crippen LogP contribution in [0.1, 0.15) is 43.7 Å². The van der Waals surface area contributed by atoms with Crippen molar-refractivity contribution in [2.45, 2.75) is 33.8 Å². The molecule has 0 fully saturated rings. The molecule has 0 amide bonds. The van der Waals surface area contributed by atoms with Crippen molar-refractivity contribution in [2.24, 2.45) is 0 Å². The van der Waals surface area contributed by atoms with Gasteiger partial charge in [0.1, 0.15) is 11.9 Å². The van der Waals surface area contributed by atoms with Crippen molar-refractivity contribution in [1.82, 2.24) is 30.1 Å². The molecule has 2 N–H and O–H groups in total. The monoisotopic (exact) mass is 499 g/mol. The summed E-state index contributed by atoms with van der Waals surface area (Å²) in [5.41, 5.74) is 8.45. The van der Waals surface area contributed by atoms with Gasteiger partial charge in [-0.1, -0.05) is 43.8 Å². The van der Waals surface area contributed by atoms with E-state index in [0.29, 0.717) is 33.9 Å². The Labute approximate surface area is 205 Å². The first kappa shape index (κ1) is 26.4. The van der Waals surface area contributed by atoms with E-state index < -0.39 is 11.9 Å². The van der Waals surface area contributed by atoms with Crippen LogP contribution in [0.3, 0.4) is 0 Å². The number of halogens is 1. The average Bonchev–Trinajstić information content (AvgIpc) is 3.53. The molecule has 173 valence electrons. The maximum absolute atomic E-state index is 13.9. The van der Waals surface area contributed by atoms with Crippen molar-refractivity contribution < 1.29 is 30.2 Å². The quantitative estimate of drug-likeness (QED) is 0.431. The van der Waals surface area contributed by atoms with Gasteiger partial charge in [0.05, 0.1) is 23.5 Å². The van der Waals surface area contributed by atoms with Crippen molar-refractivity contribution in [1.29, 1.82) is 5.26 Å². The zero-order chi connectivity index (χ0) is 25.3. The predicted molar refractivity (Wildman–Crippen MR) is 116 cm³/mol. The third kappa shape index (κ3) is 5.72. The fraction of sp³-hybridized carbons (Fsp3) is 0.227. The first-order valence-electron chi connectivity index (χ1n) is 10.1. The Kier molecular flexibility index (Phi) is 9.61. The molecule has 3 heterocycles. The summed E-state index contributed by atoms with van der Waals surface area (Å²) in [6.45, 7) is 7.40. The molecule has 1 atom stereocenters. The summed E-state index contributed by atoms with van der Waals surface area (Å²) >= 11 is 1.06. The second-order valence-corrected chi connectivity index (χ2v) is 6.44. The molecule has 1 aromatic carbocycles. The molecule has 4 rings (SSSR count). The van der Waals surface area contributed by atoms with Gasteiger partial charge < -0.3 is 30.6 Å². The summed E-state index contributed by atoms with van der Waals surface area (Å²) < 4.78 is 28.0. The molecule has 34 heavy (non-hydrogen) atoms. The van der Waals surface area contributed by atoms with Crippen molar-refractivity contribution in [2.75, 3.05) is 5.73 Å². The minimum absolute atomic E-state index is 0.0307. The number of hydrogen-bond acceptors (Lipinski definition) is 8. The number of rotatable bonds is 5. The molecule has 0 aliphatic rings. The van der Waals surface area contributed by atoms with E-state index >= 15 is 0 Å².